The molecule has 0 aromatic heterocycles. The van der Waals surface area contributed by atoms with E-state index in [2.05, 4.69) is 5.16 Å². The summed E-state index contributed by atoms with van der Waals surface area (Å²) in [6.45, 7) is 3.37. The standard InChI is InChI=1S/C12H17NO3S/c1-3-11(17(15,16)4-2)12(13-14)10-8-6-5-7-9-10/h5-9,11,14H,3-4H2,1-2H3/b13-12+. The first kappa shape index (κ1) is 13.7. The van der Waals surface area contributed by atoms with Crippen molar-refractivity contribution in [3.63, 3.8) is 0 Å². The van der Waals surface area contributed by atoms with Crippen LogP contribution < -0.4 is 0 Å². The Morgan fingerprint density at radius 1 is 1.29 bits per heavy atom. The molecule has 0 aliphatic carbocycles. The second-order valence-electron chi connectivity index (χ2n) is 3.70. The number of rotatable bonds is 5. The summed E-state index contributed by atoms with van der Waals surface area (Å²) in [4.78, 5) is 0. The van der Waals surface area contributed by atoms with Crippen LogP contribution in [-0.4, -0.2) is 30.3 Å². The van der Waals surface area contributed by atoms with E-state index in [1.54, 1.807) is 38.1 Å². The van der Waals surface area contributed by atoms with Gasteiger partial charge >= 0.3 is 0 Å². The van der Waals surface area contributed by atoms with E-state index in [-0.39, 0.29) is 11.5 Å². The number of sulfone groups is 1. The van der Waals surface area contributed by atoms with Gasteiger partial charge in [0.2, 0.25) is 0 Å². The maximum Gasteiger partial charge on any atom is 0.158 e. The van der Waals surface area contributed by atoms with Crippen molar-refractivity contribution < 1.29 is 13.6 Å². The highest BCUT2D eigenvalue weighted by molar-refractivity contribution is 7.92. The van der Waals surface area contributed by atoms with Gasteiger partial charge in [-0.15, -0.1) is 0 Å². The lowest BCUT2D eigenvalue weighted by molar-refractivity contribution is 0.318. The minimum absolute atomic E-state index is 0.0390. The van der Waals surface area contributed by atoms with E-state index in [4.69, 9.17) is 5.21 Å². The minimum Gasteiger partial charge on any atom is -0.411 e. The van der Waals surface area contributed by atoms with Crippen molar-refractivity contribution in [1.82, 2.24) is 0 Å². The molecule has 4 nitrogen and oxygen atoms in total. The van der Waals surface area contributed by atoms with Gasteiger partial charge in [0.15, 0.2) is 9.84 Å². The highest BCUT2D eigenvalue weighted by Gasteiger charge is 2.28. The van der Waals surface area contributed by atoms with Crippen molar-refractivity contribution in [3.8, 4) is 0 Å². The van der Waals surface area contributed by atoms with Crippen LogP contribution in [0.1, 0.15) is 25.8 Å². The Morgan fingerprint density at radius 2 is 1.88 bits per heavy atom. The largest absolute Gasteiger partial charge is 0.411 e. The number of hydrogen-bond acceptors (Lipinski definition) is 4. The second-order valence-corrected chi connectivity index (χ2v) is 6.17. The Labute approximate surface area is 102 Å². The highest BCUT2D eigenvalue weighted by atomic mass is 32.2. The summed E-state index contributed by atoms with van der Waals surface area (Å²) >= 11 is 0. The quantitative estimate of drug-likeness (QED) is 0.497. The lowest BCUT2D eigenvalue weighted by atomic mass is 10.1. The number of hydrogen-bond donors (Lipinski definition) is 1. The number of oxime groups is 1. The van der Waals surface area contributed by atoms with Crippen molar-refractivity contribution in [1.29, 1.82) is 0 Å². The predicted molar refractivity (Wildman–Crippen MR) is 68.3 cm³/mol. The first-order valence-corrected chi connectivity index (χ1v) is 7.27. The van der Waals surface area contributed by atoms with Gasteiger partial charge in [-0.05, 0) is 6.42 Å². The molecule has 0 aliphatic rings. The van der Waals surface area contributed by atoms with Crippen molar-refractivity contribution in [3.05, 3.63) is 35.9 Å². The summed E-state index contributed by atoms with van der Waals surface area (Å²) in [6, 6.07) is 8.87. The molecule has 1 aromatic rings. The zero-order valence-electron chi connectivity index (χ0n) is 10.00. The summed E-state index contributed by atoms with van der Waals surface area (Å²) in [5.41, 5.74) is 0.855. The fraction of sp³-hybridized carbons (Fsp3) is 0.417. The van der Waals surface area contributed by atoms with Crippen LogP contribution in [-0.2, 0) is 9.84 Å². The van der Waals surface area contributed by atoms with Crippen molar-refractivity contribution in [2.45, 2.75) is 25.5 Å². The van der Waals surface area contributed by atoms with Crippen LogP contribution >= 0.6 is 0 Å². The summed E-state index contributed by atoms with van der Waals surface area (Å²) in [5.74, 6) is 0.0390. The fourth-order valence-corrected chi connectivity index (χ4v) is 3.17. The molecular formula is C12H17NO3S. The van der Waals surface area contributed by atoms with E-state index >= 15 is 0 Å². The molecule has 0 fully saturated rings. The summed E-state index contributed by atoms with van der Waals surface area (Å²) in [5, 5.41) is 11.5. The SMILES string of the molecule is CCC(/C(=N/O)c1ccccc1)S(=O)(=O)CC. The Kier molecular flexibility index (Phi) is 4.69. The Bertz CT molecular complexity index is 480. The molecule has 0 amide bonds. The van der Waals surface area contributed by atoms with Gasteiger partial charge < -0.3 is 5.21 Å². The molecule has 17 heavy (non-hydrogen) atoms. The van der Waals surface area contributed by atoms with Gasteiger partial charge in [-0.1, -0.05) is 49.3 Å². The molecule has 0 heterocycles. The Hall–Kier alpha value is -1.36. The van der Waals surface area contributed by atoms with E-state index in [9.17, 15) is 8.42 Å². The Morgan fingerprint density at radius 3 is 2.29 bits per heavy atom. The van der Waals surface area contributed by atoms with E-state index in [1.807, 2.05) is 6.07 Å². The number of nitrogens with zero attached hydrogens (tertiary/aromatic N) is 1. The van der Waals surface area contributed by atoms with Crippen LogP contribution in [0.2, 0.25) is 0 Å². The third-order valence-corrected chi connectivity index (χ3v) is 4.92. The maximum atomic E-state index is 11.9. The molecule has 0 aliphatic heterocycles. The lowest BCUT2D eigenvalue weighted by Crippen LogP contribution is -2.31. The smallest absolute Gasteiger partial charge is 0.158 e. The van der Waals surface area contributed by atoms with Gasteiger partial charge in [-0.3, -0.25) is 0 Å². The maximum absolute atomic E-state index is 11.9. The molecule has 0 saturated carbocycles. The van der Waals surface area contributed by atoms with Crippen LogP contribution in [0.3, 0.4) is 0 Å². The monoisotopic (exact) mass is 255 g/mol. The third kappa shape index (κ3) is 3.06. The number of benzene rings is 1. The van der Waals surface area contributed by atoms with E-state index in [1.165, 1.54) is 0 Å². The average molecular weight is 255 g/mol. The van der Waals surface area contributed by atoms with Gasteiger partial charge in [0.05, 0.1) is 0 Å². The zero-order valence-corrected chi connectivity index (χ0v) is 10.8. The topological polar surface area (TPSA) is 66.7 Å². The van der Waals surface area contributed by atoms with E-state index < -0.39 is 15.1 Å². The van der Waals surface area contributed by atoms with Crippen LogP contribution in [0.15, 0.2) is 35.5 Å². The average Bonchev–Trinajstić information content (AvgIpc) is 2.36. The van der Waals surface area contributed by atoms with Crippen LogP contribution in [0, 0.1) is 0 Å². The molecule has 0 spiro atoms. The van der Waals surface area contributed by atoms with E-state index in [0.29, 0.717) is 12.0 Å². The second kappa shape index (κ2) is 5.82. The molecule has 1 unspecified atom stereocenters. The first-order valence-electron chi connectivity index (χ1n) is 5.55. The van der Waals surface area contributed by atoms with Gasteiger partial charge in [0.25, 0.3) is 0 Å². The zero-order chi connectivity index (χ0) is 12.9. The summed E-state index contributed by atoms with van der Waals surface area (Å²) in [7, 11) is -3.26. The minimum atomic E-state index is -3.26. The normalized spacial score (nSPS) is 14.6. The summed E-state index contributed by atoms with van der Waals surface area (Å²) in [6.07, 6.45) is 0.393. The van der Waals surface area contributed by atoms with Gasteiger partial charge in [-0.25, -0.2) is 8.42 Å². The van der Waals surface area contributed by atoms with Crippen LogP contribution in [0.25, 0.3) is 0 Å². The Balaban J connectivity index is 3.20. The van der Waals surface area contributed by atoms with Crippen LogP contribution in [0.4, 0.5) is 0 Å². The lowest BCUT2D eigenvalue weighted by Gasteiger charge is -2.16. The van der Waals surface area contributed by atoms with E-state index in [0.717, 1.165) is 0 Å². The molecule has 1 rings (SSSR count). The molecule has 1 atom stereocenters. The van der Waals surface area contributed by atoms with Crippen LogP contribution in [0.5, 0.6) is 0 Å². The summed E-state index contributed by atoms with van der Waals surface area (Å²) < 4.78 is 23.8. The highest BCUT2D eigenvalue weighted by Crippen LogP contribution is 2.15. The van der Waals surface area contributed by atoms with Gasteiger partial charge in [0, 0.05) is 11.3 Å². The molecular weight excluding hydrogens is 238 g/mol. The fourth-order valence-electron chi connectivity index (χ4n) is 1.74. The predicted octanol–water partition coefficient (Wildman–Crippen LogP) is 2.08. The molecule has 0 bridgehead atoms. The molecule has 94 valence electrons. The first-order chi connectivity index (χ1) is 8.06. The van der Waals surface area contributed by atoms with Gasteiger partial charge in [-0.2, -0.15) is 0 Å². The molecule has 1 N–H and O–H groups in total. The molecule has 1 aromatic carbocycles. The van der Waals surface area contributed by atoms with Crippen molar-refractivity contribution in [2.24, 2.45) is 5.16 Å². The van der Waals surface area contributed by atoms with Gasteiger partial charge in [0.1, 0.15) is 11.0 Å². The molecule has 0 saturated heterocycles. The third-order valence-electron chi connectivity index (χ3n) is 2.69. The molecule has 5 heteroatoms. The van der Waals surface area contributed by atoms with Crippen molar-refractivity contribution in [2.75, 3.05) is 5.75 Å². The van der Waals surface area contributed by atoms with Crippen molar-refractivity contribution >= 4 is 15.5 Å². The molecule has 0 radical (unpaired) electrons.